The highest BCUT2D eigenvalue weighted by Gasteiger charge is 2.12. The van der Waals surface area contributed by atoms with Crippen molar-refractivity contribution in [3.05, 3.63) is 0 Å². The number of amides is 1. The summed E-state index contributed by atoms with van der Waals surface area (Å²) in [6.07, 6.45) is 2.80. The summed E-state index contributed by atoms with van der Waals surface area (Å²) >= 11 is 0. The first-order valence-electron chi connectivity index (χ1n) is 4.86. The number of ether oxygens (including phenoxy) is 1. The molecule has 0 aromatic carbocycles. The monoisotopic (exact) mass is 186 g/mol. The van der Waals surface area contributed by atoms with Gasteiger partial charge in [0, 0.05) is 26.1 Å². The summed E-state index contributed by atoms with van der Waals surface area (Å²) in [5.74, 6) is 0.369. The molecule has 0 bridgehead atoms. The Morgan fingerprint density at radius 2 is 2.46 bits per heavy atom. The minimum atomic E-state index is -0.243. The first kappa shape index (κ1) is 10.5. The average molecular weight is 186 g/mol. The summed E-state index contributed by atoms with van der Waals surface area (Å²) in [6, 6.07) is 0. The standard InChI is InChI=1S/C9H18N2O2/c10-9(12)3-4-11-6-8-2-1-5-13-7-8/h8,11H,1-7H2,(H2,10,12). The Labute approximate surface area is 78.8 Å². The van der Waals surface area contributed by atoms with Crippen LogP contribution in [0.5, 0.6) is 0 Å². The fourth-order valence-electron chi connectivity index (χ4n) is 1.49. The third kappa shape index (κ3) is 4.85. The number of rotatable bonds is 5. The van der Waals surface area contributed by atoms with Crippen LogP contribution < -0.4 is 11.1 Å². The van der Waals surface area contributed by atoms with Crippen LogP contribution in [0.1, 0.15) is 19.3 Å². The van der Waals surface area contributed by atoms with Crippen LogP contribution in [-0.2, 0) is 9.53 Å². The smallest absolute Gasteiger partial charge is 0.218 e. The molecule has 1 rings (SSSR count). The first-order valence-corrected chi connectivity index (χ1v) is 4.86. The van der Waals surface area contributed by atoms with Crippen molar-refractivity contribution < 1.29 is 9.53 Å². The van der Waals surface area contributed by atoms with Crippen molar-refractivity contribution in [1.82, 2.24) is 5.32 Å². The van der Waals surface area contributed by atoms with Gasteiger partial charge in [0.05, 0.1) is 6.61 Å². The summed E-state index contributed by atoms with van der Waals surface area (Å²) in [7, 11) is 0. The molecule has 0 spiro atoms. The summed E-state index contributed by atoms with van der Waals surface area (Å²) in [5.41, 5.74) is 5.01. The zero-order chi connectivity index (χ0) is 9.52. The number of nitrogens with two attached hydrogens (primary N) is 1. The largest absolute Gasteiger partial charge is 0.381 e. The van der Waals surface area contributed by atoms with E-state index in [-0.39, 0.29) is 5.91 Å². The molecule has 1 saturated heterocycles. The lowest BCUT2D eigenvalue weighted by molar-refractivity contribution is -0.117. The highest BCUT2D eigenvalue weighted by Crippen LogP contribution is 2.11. The van der Waals surface area contributed by atoms with Gasteiger partial charge in [-0.05, 0) is 18.8 Å². The Morgan fingerprint density at radius 1 is 1.62 bits per heavy atom. The van der Waals surface area contributed by atoms with E-state index < -0.39 is 0 Å². The molecule has 1 atom stereocenters. The van der Waals surface area contributed by atoms with Crippen molar-refractivity contribution in [3.63, 3.8) is 0 Å². The number of hydrogen-bond donors (Lipinski definition) is 2. The van der Waals surface area contributed by atoms with Gasteiger partial charge in [-0.15, -0.1) is 0 Å². The summed E-state index contributed by atoms with van der Waals surface area (Å²) in [5, 5.41) is 3.21. The molecular weight excluding hydrogens is 168 g/mol. The number of hydrogen-bond acceptors (Lipinski definition) is 3. The quantitative estimate of drug-likeness (QED) is 0.588. The van der Waals surface area contributed by atoms with Crippen molar-refractivity contribution >= 4 is 5.91 Å². The van der Waals surface area contributed by atoms with Crippen molar-refractivity contribution in [2.24, 2.45) is 11.7 Å². The van der Waals surface area contributed by atoms with E-state index in [1.54, 1.807) is 0 Å². The van der Waals surface area contributed by atoms with Gasteiger partial charge in [0.1, 0.15) is 0 Å². The third-order valence-corrected chi connectivity index (χ3v) is 2.24. The maximum Gasteiger partial charge on any atom is 0.218 e. The van der Waals surface area contributed by atoms with Crippen molar-refractivity contribution in [2.75, 3.05) is 26.3 Å². The van der Waals surface area contributed by atoms with E-state index in [9.17, 15) is 4.79 Å². The molecule has 1 unspecified atom stereocenters. The Bertz CT molecular complexity index is 156. The number of primary amides is 1. The van der Waals surface area contributed by atoms with Gasteiger partial charge in [0.2, 0.25) is 5.91 Å². The lowest BCUT2D eigenvalue weighted by Gasteiger charge is -2.22. The Morgan fingerprint density at radius 3 is 3.08 bits per heavy atom. The minimum Gasteiger partial charge on any atom is -0.381 e. The van der Waals surface area contributed by atoms with E-state index in [2.05, 4.69) is 5.32 Å². The Kier molecular flexibility index (Phi) is 4.78. The third-order valence-electron chi connectivity index (χ3n) is 2.24. The number of carbonyl (C=O) groups excluding carboxylic acids is 1. The summed E-state index contributed by atoms with van der Waals surface area (Å²) < 4.78 is 5.33. The Hall–Kier alpha value is -0.610. The molecule has 1 aliphatic heterocycles. The lowest BCUT2D eigenvalue weighted by Crippen LogP contribution is -2.31. The van der Waals surface area contributed by atoms with E-state index >= 15 is 0 Å². The maximum absolute atomic E-state index is 10.4. The van der Waals surface area contributed by atoms with E-state index in [4.69, 9.17) is 10.5 Å². The fraction of sp³-hybridized carbons (Fsp3) is 0.889. The first-order chi connectivity index (χ1) is 6.29. The van der Waals surface area contributed by atoms with Gasteiger partial charge < -0.3 is 15.8 Å². The van der Waals surface area contributed by atoms with Gasteiger partial charge in [-0.25, -0.2) is 0 Å². The molecule has 3 N–H and O–H groups in total. The molecule has 1 aliphatic rings. The SMILES string of the molecule is NC(=O)CCNCC1CCCOC1. The molecule has 13 heavy (non-hydrogen) atoms. The molecular formula is C9H18N2O2. The van der Waals surface area contributed by atoms with Crippen LogP contribution in [-0.4, -0.2) is 32.2 Å². The predicted molar refractivity (Wildman–Crippen MR) is 50.2 cm³/mol. The highest BCUT2D eigenvalue weighted by molar-refractivity contribution is 5.73. The number of nitrogens with one attached hydrogen (secondary N) is 1. The van der Waals surface area contributed by atoms with Crippen LogP contribution in [0.25, 0.3) is 0 Å². The molecule has 4 heteroatoms. The normalized spacial score (nSPS) is 22.9. The molecule has 1 amide bonds. The topological polar surface area (TPSA) is 64.4 Å². The van der Waals surface area contributed by atoms with Gasteiger partial charge in [-0.1, -0.05) is 0 Å². The number of carbonyl (C=O) groups is 1. The summed E-state index contributed by atoms with van der Waals surface area (Å²) in [6.45, 7) is 3.38. The van der Waals surface area contributed by atoms with Gasteiger partial charge in [0.25, 0.3) is 0 Å². The molecule has 0 saturated carbocycles. The van der Waals surface area contributed by atoms with Crippen LogP contribution in [0.2, 0.25) is 0 Å². The fourth-order valence-corrected chi connectivity index (χ4v) is 1.49. The molecule has 4 nitrogen and oxygen atoms in total. The van der Waals surface area contributed by atoms with Crippen molar-refractivity contribution in [3.8, 4) is 0 Å². The molecule has 0 radical (unpaired) electrons. The predicted octanol–water partition coefficient (Wildman–Crippen LogP) is -0.122. The average Bonchev–Trinajstić information content (AvgIpc) is 2.14. The highest BCUT2D eigenvalue weighted by atomic mass is 16.5. The molecule has 76 valence electrons. The van der Waals surface area contributed by atoms with Gasteiger partial charge in [-0.3, -0.25) is 4.79 Å². The van der Waals surface area contributed by atoms with Crippen LogP contribution in [0.4, 0.5) is 0 Å². The molecule has 0 aliphatic carbocycles. The summed E-state index contributed by atoms with van der Waals surface area (Å²) in [4.78, 5) is 10.4. The van der Waals surface area contributed by atoms with Gasteiger partial charge in [0.15, 0.2) is 0 Å². The van der Waals surface area contributed by atoms with Crippen molar-refractivity contribution in [2.45, 2.75) is 19.3 Å². The van der Waals surface area contributed by atoms with E-state index in [0.717, 1.165) is 26.2 Å². The van der Waals surface area contributed by atoms with Crippen LogP contribution >= 0.6 is 0 Å². The van der Waals surface area contributed by atoms with Crippen molar-refractivity contribution in [1.29, 1.82) is 0 Å². The maximum atomic E-state index is 10.4. The second-order valence-electron chi connectivity index (χ2n) is 3.50. The van der Waals surface area contributed by atoms with Crippen LogP contribution in [0.15, 0.2) is 0 Å². The molecule has 0 aromatic heterocycles. The Balaban J connectivity index is 1.95. The van der Waals surface area contributed by atoms with Crippen LogP contribution in [0, 0.1) is 5.92 Å². The second-order valence-corrected chi connectivity index (χ2v) is 3.50. The second kappa shape index (κ2) is 5.94. The van der Waals surface area contributed by atoms with E-state index in [0.29, 0.717) is 18.9 Å². The molecule has 1 heterocycles. The zero-order valence-corrected chi connectivity index (χ0v) is 7.92. The molecule has 0 aromatic rings. The lowest BCUT2D eigenvalue weighted by atomic mass is 10.0. The minimum absolute atomic E-state index is 0.243. The van der Waals surface area contributed by atoms with E-state index in [1.807, 2.05) is 0 Å². The van der Waals surface area contributed by atoms with E-state index in [1.165, 1.54) is 6.42 Å². The van der Waals surface area contributed by atoms with Crippen LogP contribution in [0.3, 0.4) is 0 Å². The van der Waals surface area contributed by atoms with Gasteiger partial charge >= 0.3 is 0 Å². The molecule has 1 fully saturated rings. The van der Waals surface area contributed by atoms with Gasteiger partial charge in [-0.2, -0.15) is 0 Å². The zero-order valence-electron chi connectivity index (χ0n) is 7.92.